The molecule has 1 aromatic heterocycles. The van der Waals surface area contributed by atoms with E-state index in [-0.39, 0.29) is 6.04 Å². The first kappa shape index (κ1) is 13.2. The summed E-state index contributed by atoms with van der Waals surface area (Å²) in [7, 11) is 3.64. The maximum Gasteiger partial charge on any atom is 0.109 e. The van der Waals surface area contributed by atoms with Crippen LogP contribution in [-0.4, -0.2) is 42.5 Å². The molecule has 0 fully saturated rings. The average Bonchev–Trinajstić information content (AvgIpc) is 2.64. The molecule has 0 aliphatic carbocycles. The minimum atomic E-state index is 0.101. The van der Waals surface area contributed by atoms with Gasteiger partial charge in [-0.25, -0.2) is 4.98 Å². The SMILES string of the molecule is COCCOCCC(N)Cc1nccn1C. The molecule has 0 aliphatic heterocycles. The van der Waals surface area contributed by atoms with Crippen LogP contribution in [0.1, 0.15) is 12.2 Å². The lowest BCUT2D eigenvalue weighted by atomic mass is 10.1. The van der Waals surface area contributed by atoms with Crippen molar-refractivity contribution in [3.63, 3.8) is 0 Å². The normalized spacial score (nSPS) is 12.9. The minimum Gasteiger partial charge on any atom is -0.382 e. The molecule has 0 saturated carbocycles. The van der Waals surface area contributed by atoms with Crippen molar-refractivity contribution in [2.45, 2.75) is 18.9 Å². The van der Waals surface area contributed by atoms with E-state index in [1.165, 1.54) is 0 Å². The summed E-state index contributed by atoms with van der Waals surface area (Å²) in [6.45, 7) is 1.94. The van der Waals surface area contributed by atoms with Gasteiger partial charge in [0.1, 0.15) is 5.82 Å². The molecule has 1 rings (SSSR count). The number of hydrogen-bond acceptors (Lipinski definition) is 4. The topological polar surface area (TPSA) is 62.3 Å². The van der Waals surface area contributed by atoms with Crippen molar-refractivity contribution in [2.75, 3.05) is 26.9 Å². The number of hydrogen-bond donors (Lipinski definition) is 1. The van der Waals surface area contributed by atoms with Crippen molar-refractivity contribution in [3.8, 4) is 0 Å². The summed E-state index contributed by atoms with van der Waals surface area (Å²) in [4.78, 5) is 4.24. The highest BCUT2D eigenvalue weighted by Gasteiger charge is 2.07. The first-order valence-electron chi connectivity index (χ1n) is 5.52. The number of aromatic nitrogens is 2. The van der Waals surface area contributed by atoms with E-state index in [0.717, 1.165) is 18.7 Å². The Morgan fingerprint density at radius 1 is 1.44 bits per heavy atom. The van der Waals surface area contributed by atoms with Gasteiger partial charge in [-0.3, -0.25) is 0 Å². The maximum atomic E-state index is 5.98. The van der Waals surface area contributed by atoms with Crippen molar-refractivity contribution in [1.29, 1.82) is 0 Å². The Kier molecular flexibility index (Phi) is 6.07. The molecule has 0 aromatic carbocycles. The van der Waals surface area contributed by atoms with Gasteiger partial charge in [0.15, 0.2) is 0 Å². The second-order valence-electron chi connectivity index (χ2n) is 3.81. The van der Waals surface area contributed by atoms with Gasteiger partial charge in [-0.2, -0.15) is 0 Å². The molecule has 1 heterocycles. The molecule has 1 aromatic rings. The van der Waals surface area contributed by atoms with Crippen LogP contribution in [0.2, 0.25) is 0 Å². The van der Waals surface area contributed by atoms with E-state index in [0.29, 0.717) is 19.8 Å². The summed E-state index contributed by atoms with van der Waals surface area (Å²) in [5.74, 6) is 1.02. The number of aryl methyl sites for hydroxylation is 1. The van der Waals surface area contributed by atoms with Crippen LogP contribution in [0.25, 0.3) is 0 Å². The Labute approximate surface area is 96.6 Å². The monoisotopic (exact) mass is 227 g/mol. The lowest BCUT2D eigenvalue weighted by Crippen LogP contribution is -2.26. The lowest BCUT2D eigenvalue weighted by molar-refractivity contribution is 0.0671. The summed E-state index contributed by atoms with van der Waals surface area (Å²) in [5, 5.41) is 0. The van der Waals surface area contributed by atoms with E-state index in [4.69, 9.17) is 15.2 Å². The highest BCUT2D eigenvalue weighted by Crippen LogP contribution is 2.01. The molecule has 0 saturated heterocycles. The van der Waals surface area contributed by atoms with Gasteiger partial charge in [-0.05, 0) is 6.42 Å². The van der Waals surface area contributed by atoms with E-state index in [1.807, 2.05) is 17.8 Å². The van der Waals surface area contributed by atoms with Crippen LogP contribution in [0.5, 0.6) is 0 Å². The molecule has 0 radical (unpaired) electrons. The molecule has 0 spiro atoms. The van der Waals surface area contributed by atoms with Gasteiger partial charge in [0.25, 0.3) is 0 Å². The molecule has 2 N–H and O–H groups in total. The number of nitrogens with zero attached hydrogens (tertiary/aromatic N) is 2. The third-order valence-electron chi connectivity index (χ3n) is 2.43. The Morgan fingerprint density at radius 3 is 2.88 bits per heavy atom. The van der Waals surface area contributed by atoms with E-state index in [9.17, 15) is 0 Å². The van der Waals surface area contributed by atoms with Gasteiger partial charge in [-0.1, -0.05) is 0 Å². The van der Waals surface area contributed by atoms with Crippen molar-refractivity contribution in [2.24, 2.45) is 12.8 Å². The highest BCUT2D eigenvalue weighted by molar-refractivity contribution is 4.93. The highest BCUT2D eigenvalue weighted by atomic mass is 16.5. The van der Waals surface area contributed by atoms with Crippen LogP contribution in [-0.2, 0) is 22.9 Å². The fraction of sp³-hybridized carbons (Fsp3) is 0.727. The van der Waals surface area contributed by atoms with Crippen LogP contribution >= 0.6 is 0 Å². The molecular weight excluding hydrogens is 206 g/mol. The van der Waals surface area contributed by atoms with Crippen LogP contribution in [0.3, 0.4) is 0 Å². The summed E-state index contributed by atoms with van der Waals surface area (Å²) in [6, 6.07) is 0.101. The van der Waals surface area contributed by atoms with Gasteiger partial charge in [0.2, 0.25) is 0 Å². The zero-order valence-corrected chi connectivity index (χ0v) is 10.1. The first-order chi connectivity index (χ1) is 7.74. The van der Waals surface area contributed by atoms with Crippen molar-refractivity contribution in [3.05, 3.63) is 18.2 Å². The van der Waals surface area contributed by atoms with E-state index in [2.05, 4.69) is 4.98 Å². The van der Waals surface area contributed by atoms with Crippen molar-refractivity contribution in [1.82, 2.24) is 9.55 Å². The minimum absolute atomic E-state index is 0.101. The lowest BCUT2D eigenvalue weighted by Gasteiger charge is -2.11. The fourth-order valence-electron chi connectivity index (χ4n) is 1.41. The molecular formula is C11H21N3O2. The van der Waals surface area contributed by atoms with Gasteiger partial charge in [0, 0.05) is 45.6 Å². The summed E-state index contributed by atoms with van der Waals surface area (Å²) >= 11 is 0. The van der Waals surface area contributed by atoms with Gasteiger partial charge >= 0.3 is 0 Å². The Balaban J connectivity index is 2.11. The smallest absolute Gasteiger partial charge is 0.109 e. The third kappa shape index (κ3) is 4.74. The first-order valence-corrected chi connectivity index (χ1v) is 5.52. The zero-order valence-electron chi connectivity index (χ0n) is 10.1. The largest absolute Gasteiger partial charge is 0.382 e. The van der Waals surface area contributed by atoms with Crippen LogP contribution in [0, 0.1) is 0 Å². The van der Waals surface area contributed by atoms with Crippen LogP contribution in [0.4, 0.5) is 0 Å². The molecule has 5 heteroatoms. The van der Waals surface area contributed by atoms with E-state index in [1.54, 1.807) is 13.3 Å². The molecule has 16 heavy (non-hydrogen) atoms. The average molecular weight is 227 g/mol. The predicted octanol–water partition coefficient (Wildman–Crippen LogP) is 0.343. The maximum absolute atomic E-state index is 5.98. The number of rotatable bonds is 8. The number of methoxy groups -OCH3 is 1. The zero-order chi connectivity index (χ0) is 11.8. The Hall–Kier alpha value is -0.910. The summed E-state index contributed by atoms with van der Waals surface area (Å²) in [5.41, 5.74) is 5.98. The van der Waals surface area contributed by atoms with E-state index >= 15 is 0 Å². The van der Waals surface area contributed by atoms with Gasteiger partial charge < -0.3 is 19.8 Å². The quantitative estimate of drug-likeness (QED) is 0.651. The molecule has 5 nitrogen and oxygen atoms in total. The van der Waals surface area contributed by atoms with Crippen molar-refractivity contribution >= 4 is 0 Å². The number of imidazole rings is 1. The van der Waals surface area contributed by atoms with Crippen LogP contribution < -0.4 is 5.73 Å². The molecule has 1 atom stereocenters. The van der Waals surface area contributed by atoms with Crippen LogP contribution in [0.15, 0.2) is 12.4 Å². The molecule has 1 unspecified atom stereocenters. The Bertz CT molecular complexity index is 289. The number of ether oxygens (including phenoxy) is 2. The summed E-state index contributed by atoms with van der Waals surface area (Å²) < 4.78 is 12.2. The number of nitrogens with two attached hydrogens (primary N) is 1. The molecule has 0 aliphatic rings. The fourth-order valence-corrected chi connectivity index (χ4v) is 1.41. The molecule has 0 amide bonds. The predicted molar refractivity (Wildman–Crippen MR) is 62.2 cm³/mol. The molecule has 0 bridgehead atoms. The summed E-state index contributed by atoms with van der Waals surface area (Å²) in [6.07, 6.45) is 5.35. The Morgan fingerprint density at radius 2 is 2.25 bits per heavy atom. The van der Waals surface area contributed by atoms with Crippen molar-refractivity contribution < 1.29 is 9.47 Å². The molecule has 92 valence electrons. The van der Waals surface area contributed by atoms with Gasteiger partial charge in [0.05, 0.1) is 13.2 Å². The second kappa shape index (κ2) is 7.38. The van der Waals surface area contributed by atoms with Gasteiger partial charge in [-0.15, -0.1) is 0 Å². The van der Waals surface area contributed by atoms with E-state index < -0.39 is 0 Å². The third-order valence-corrected chi connectivity index (χ3v) is 2.43. The second-order valence-corrected chi connectivity index (χ2v) is 3.81. The standard InChI is InChI=1S/C11H21N3O2/c1-14-5-4-13-11(14)9-10(12)3-6-16-8-7-15-2/h4-5,10H,3,6-9,12H2,1-2H3.